The average Bonchev–Trinajstić information content (AvgIpc) is 3.08. The SMILES string of the molecule is O=C(O)c1ccccc1C(=O)Nc1ccc(SC2CC(=O)N(c3ccccc3)C2=O)cc1. The third kappa shape index (κ3) is 4.40. The number of aromatic carboxylic acids is 1. The predicted octanol–water partition coefficient (Wildman–Crippen LogP) is 4.06. The lowest BCUT2D eigenvalue weighted by Gasteiger charge is -2.14. The summed E-state index contributed by atoms with van der Waals surface area (Å²) in [5, 5.41) is 11.4. The molecule has 1 heterocycles. The molecule has 32 heavy (non-hydrogen) atoms. The lowest BCUT2D eigenvalue weighted by atomic mass is 10.1. The number of thioether (sulfide) groups is 1. The monoisotopic (exact) mass is 446 g/mol. The van der Waals surface area contributed by atoms with Crippen LogP contribution < -0.4 is 10.2 Å². The van der Waals surface area contributed by atoms with Crippen LogP contribution in [0.4, 0.5) is 11.4 Å². The third-order valence-corrected chi connectivity index (χ3v) is 6.11. The van der Waals surface area contributed by atoms with Gasteiger partial charge in [0.1, 0.15) is 0 Å². The summed E-state index contributed by atoms with van der Waals surface area (Å²) in [5.74, 6) is -2.20. The first-order chi connectivity index (χ1) is 15.4. The van der Waals surface area contributed by atoms with Crippen molar-refractivity contribution in [2.45, 2.75) is 16.6 Å². The molecule has 2 N–H and O–H groups in total. The molecule has 160 valence electrons. The van der Waals surface area contributed by atoms with E-state index in [9.17, 15) is 24.3 Å². The van der Waals surface area contributed by atoms with Crippen LogP contribution in [0.3, 0.4) is 0 Å². The van der Waals surface area contributed by atoms with Crippen LogP contribution in [-0.4, -0.2) is 34.0 Å². The minimum Gasteiger partial charge on any atom is -0.478 e. The lowest BCUT2D eigenvalue weighted by Crippen LogP contribution is -2.30. The van der Waals surface area contributed by atoms with Gasteiger partial charge in [-0.3, -0.25) is 14.4 Å². The highest BCUT2D eigenvalue weighted by molar-refractivity contribution is 8.00. The van der Waals surface area contributed by atoms with Crippen LogP contribution in [0, 0.1) is 0 Å². The van der Waals surface area contributed by atoms with Crippen molar-refractivity contribution >= 4 is 46.8 Å². The molecule has 1 aliphatic heterocycles. The number of nitrogens with one attached hydrogen (secondary N) is 1. The van der Waals surface area contributed by atoms with Crippen molar-refractivity contribution in [3.63, 3.8) is 0 Å². The van der Waals surface area contributed by atoms with Crippen LogP contribution in [-0.2, 0) is 9.59 Å². The Labute approximate surface area is 188 Å². The first kappa shape index (κ1) is 21.3. The molecule has 3 aromatic carbocycles. The van der Waals surface area contributed by atoms with E-state index in [1.165, 1.54) is 28.8 Å². The number of carbonyl (C=O) groups excluding carboxylic acids is 3. The Morgan fingerprint density at radius 1 is 0.875 bits per heavy atom. The summed E-state index contributed by atoms with van der Waals surface area (Å²) in [4.78, 5) is 50.9. The quantitative estimate of drug-likeness (QED) is 0.554. The summed E-state index contributed by atoms with van der Waals surface area (Å²) in [5.41, 5.74) is 1.03. The average molecular weight is 446 g/mol. The van der Waals surface area contributed by atoms with Gasteiger partial charge in [-0.2, -0.15) is 0 Å². The molecule has 0 aliphatic carbocycles. The topological polar surface area (TPSA) is 104 Å². The largest absolute Gasteiger partial charge is 0.478 e. The standard InChI is InChI=1S/C24H18N2O5S/c27-21-14-20(23(29)26(21)16-6-2-1-3-7-16)32-17-12-10-15(11-13-17)25-22(28)18-8-4-5-9-19(18)24(30)31/h1-13,20H,14H2,(H,25,28)(H,30,31). The number of carboxylic acids is 1. The number of hydrogen-bond acceptors (Lipinski definition) is 5. The van der Waals surface area contributed by atoms with E-state index in [0.717, 1.165) is 4.90 Å². The maximum Gasteiger partial charge on any atom is 0.336 e. The van der Waals surface area contributed by atoms with Gasteiger partial charge >= 0.3 is 5.97 Å². The second-order valence-corrected chi connectivity index (χ2v) is 8.32. The number of carbonyl (C=O) groups is 4. The van der Waals surface area contributed by atoms with Crippen LogP contribution in [0.2, 0.25) is 0 Å². The summed E-state index contributed by atoms with van der Waals surface area (Å²) in [6.07, 6.45) is 0.114. The van der Waals surface area contributed by atoms with Gasteiger partial charge in [0.15, 0.2) is 0 Å². The minimum atomic E-state index is -1.18. The maximum atomic E-state index is 12.8. The summed E-state index contributed by atoms with van der Waals surface area (Å²) in [6, 6.07) is 21.6. The predicted molar refractivity (Wildman–Crippen MR) is 121 cm³/mol. The van der Waals surface area contributed by atoms with Crippen molar-refractivity contribution in [1.82, 2.24) is 0 Å². The molecule has 0 spiro atoms. The smallest absolute Gasteiger partial charge is 0.336 e. The van der Waals surface area contributed by atoms with E-state index in [1.54, 1.807) is 60.7 Å². The van der Waals surface area contributed by atoms with Crippen molar-refractivity contribution in [3.8, 4) is 0 Å². The Morgan fingerprint density at radius 3 is 2.16 bits per heavy atom. The van der Waals surface area contributed by atoms with E-state index in [4.69, 9.17) is 0 Å². The highest BCUT2D eigenvalue weighted by Crippen LogP contribution is 2.34. The fourth-order valence-electron chi connectivity index (χ4n) is 3.39. The Morgan fingerprint density at radius 2 is 1.50 bits per heavy atom. The normalized spacial score (nSPS) is 15.6. The summed E-state index contributed by atoms with van der Waals surface area (Å²) in [7, 11) is 0. The molecule has 1 aliphatic rings. The van der Waals surface area contributed by atoms with Crippen molar-refractivity contribution in [2.24, 2.45) is 0 Å². The van der Waals surface area contributed by atoms with Crippen molar-refractivity contribution in [1.29, 1.82) is 0 Å². The van der Waals surface area contributed by atoms with E-state index < -0.39 is 17.1 Å². The molecule has 3 amide bonds. The molecule has 8 heteroatoms. The minimum absolute atomic E-state index is 0.0644. The number of hydrogen-bond donors (Lipinski definition) is 2. The van der Waals surface area contributed by atoms with Crippen LogP contribution in [0.15, 0.2) is 83.8 Å². The molecular weight excluding hydrogens is 428 g/mol. The lowest BCUT2D eigenvalue weighted by molar-refractivity contribution is -0.121. The van der Waals surface area contributed by atoms with E-state index in [-0.39, 0.29) is 29.4 Å². The Bertz CT molecular complexity index is 1190. The number of benzene rings is 3. The van der Waals surface area contributed by atoms with Crippen molar-refractivity contribution in [2.75, 3.05) is 10.2 Å². The Kier molecular flexibility index (Phi) is 6.04. The van der Waals surface area contributed by atoms with Crippen molar-refractivity contribution in [3.05, 3.63) is 90.0 Å². The molecule has 0 radical (unpaired) electrons. The first-order valence-electron chi connectivity index (χ1n) is 9.76. The van der Waals surface area contributed by atoms with E-state index >= 15 is 0 Å². The van der Waals surface area contributed by atoms with Gasteiger partial charge in [-0.05, 0) is 48.5 Å². The number of rotatable bonds is 6. The van der Waals surface area contributed by atoms with Crippen LogP contribution in [0.5, 0.6) is 0 Å². The highest BCUT2D eigenvalue weighted by atomic mass is 32.2. The summed E-state index contributed by atoms with van der Waals surface area (Å²) < 4.78 is 0. The molecular formula is C24H18N2O5S. The van der Waals surface area contributed by atoms with Crippen LogP contribution in [0.25, 0.3) is 0 Å². The zero-order valence-electron chi connectivity index (χ0n) is 16.7. The number of imide groups is 1. The van der Waals surface area contributed by atoms with Gasteiger partial charge in [-0.25, -0.2) is 9.69 Å². The summed E-state index contributed by atoms with van der Waals surface area (Å²) >= 11 is 1.29. The van der Waals surface area contributed by atoms with Crippen molar-refractivity contribution < 1.29 is 24.3 Å². The van der Waals surface area contributed by atoms with Gasteiger partial charge in [-0.1, -0.05) is 30.3 Å². The molecule has 1 saturated heterocycles. The number of amides is 3. The molecule has 4 rings (SSSR count). The zero-order chi connectivity index (χ0) is 22.7. The molecule has 1 fully saturated rings. The molecule has 0 aromatic heterocycles. The molecule has 0 bridgehead atoms. The van der Waals surface area contributed by atoms with Gasteiger partial charge in [0, 0.05) is 17.0 Å². The van der Waals surface area contributed by atoms with Crippen LogP contribution in [0.1, 0.15) is 27.1 Å². The van der Waals surface area contributed by atoms with E-state index in [1.807, 2.05) is 6.07 Å². The maximum absolute atomic E-state index is 12.8. The third-order valence-electron chi connectivity index (χ3n) is 4.91. The summed E-state index contributed by atoms with van der Waals surface area (Å²) in [6.45, 7) is 0. The van der Waals surface area contributed by atoms with Gasteiger partial charge in [0.2, 0.25) is 11.8 Å². The highest BCUT2D eigenvalue weighted by Gasteiger charge is 2.40. The molecule has 0 saturated carbocycles. The molecule has 7 nitrogen and oxygen atoms in total. The number of anilines is 2. The Hall–Kier alpha value is -3.91. The molecule has 3 aromatic rings. The molecule has 1 unspecified atom stereocenters. The van der Waals surface area contributed by atoms with Gasteiger partial charge in [0.25, 0.3) is 5.91 Å². The fourth-order valence-corrected chi connectivity index (χ4v) is 4.45. The van der Waals surface area contributed by atoms with Crippen LogP contribution >= 0.6 is 11.8 Å². The number of nitrogens with zero attached hydrogens (tertiary/aromatic N) is 1. The second kappa shape index (κ2) is 9.07. The Balaban J connectivity index is 1.43. The number of para-hydroxylation sites is 1. The fraction of sp³-hybridized carbons (Fsp3) is 0.0833. The van der Waals surface area contributed by atoms with E-state index in [2.05, 4.69) is 5.32 Å². The van der Waals surface area contributed by atoms with E-state index in [0.29, 0.717) is 11.4 Å². The van der Waals surface area contributed by atoms with Gasteiger partial charge in [0.05, 0.1) is 22.1 Å². The van der Waals surface area contributed by atoms with Gasteiger partial charge in [-0.15, -0.1) is 11.8 Å². The second-order valence-electron chi connectivity index (χ2n) is 7.04. The zero-order valence-corrected chi connectivity index (χ0v) is 17.5. The van der Waals surface area contributed by atoms with Gasteiger partial charge < -0.3 is 10.4 Å². The number of carboxylic acid groups (broad SMARTS) is 1. The first-order valence-corrected chi connectivity index (χ1v) is 10.6. The molecule has 1 atom stereocenters.